The van der Waals surface area contributed by atoms with Gasteiger partial charge in [0.25, 0.3) is 0 Å². The molecule has 1 rings (SSSR count). The molecular weight excluding hydrogens is 228 g/mol. The molecule has 0 radical (unpaired) electrons. The van der Waals surface area contributed by atoms with Crippen molar-refractivity contribution in [2.45, 2.75) is 92.4 Å². The van der Waals surface area contributed by atoms with Crippen LogP contribution in [0.25, 0.3) is 0 Å². The van der Waals surface area contributed by atoms with Gasteiger partial charge < -0.3 is 0 Å². The van der Waals surface area contributed by atoms with Crippen LogP contribution in [0, 0.1) is 5.41 Å². The second kappa shape index (κ2) is 7.92. The van der Waals surface area contributed by atoms with Gasteiger partial charge in [-0.1, -0.05) is 56.9 Å². The summed E-state index contributed by atoms with van der Waals surface area (Å²) in [6.07, 6.45) is 14.3. The molecule has 1 aliphatic carbocycles. The molecule has 0 aromatic heterocycles. The molecule has 0 saturated heterocycles. The van der Waals surface area contributed by atoms with Crippen molar-refractivity contribution < 1.29 is 0 Å². The minimum Gasteiger partial charge on any atom is -0.0856 e. The van der Waals surface area contributed by atoms with Gasteiger partial charge in [-0.15, -0.1) is 0 Å². The highest BCUT2D eigenvalue weighted by Crippen LogP contribution is 2.35. The Morgan fingerprint density at radius 1 is 1.11 bits per heavy atom. The van der Waals surface area contributed by atoms with E-state index in [4.69, 9.17) is 0 Å². The molecule has 0 fully saturated rings. The van der Waals surface area contributed by atoms with Crippen LogP contribution in [-0.4, -0.2) is 0 Å². The first-order chi connectivity index (χ1) is 8.98. The fourth-order valence-corrected chi connectivity index (χ4v) is 3.45. The maximum atomic E-state index is 2.49. The summed E-state index contributed by atoms with van der Waals surface area (Å²) in [5.74, 6) is 0. The zero-order valence-corrected chi connectivity index (χ0v) is 13.9. The SMILES string of the molecule is CCCC1=C(CC)CCCC=C(C)CC(C)(C)CC1. The quantitative estimate of drug-likeness (QED) is 0.489. The summed E-state index contributed by atoms with van der Waals surface area (Å²) in [7, 11) is 0. The van der Waals surface area contributed by atoms with E-state index in [1.165, 1.54) is 57.8 Å². The third-order valence-electron chi connectivity index (χ3n) is 4.51. The summed E-state index contributed by atoms with van der Waals surface area (Å²) >= 11 is 0. The normalized spacial score (nSPS) is 21.8. The van der Waals surface area contributed by atoms with Crippen LogP contribution in [0.2, 0.25) is 0 Å². The fraction of sp³-hybridized carbons (Fsp3) is 0.789. The minimum absolute atomic E-state index is 0.461. The van der Waals surface area contributed by atoms with Gasteiger partial charge in [-0.3, -0.25) is 0 Å². The molecular formula is C19H34. The Kier molecular flexibility index (Phi) is 6.89. The van der Waals surface area contributed by atoms with E-state index >= 15 is 0 Å². The van der Waals surface area contributed by atoms with Gasteiger partial charge in [0.1, 0.15) is 0 Å². The van der Waals surface area contributed by atoms with E-state index in [1.807, 2.05) is 0 Å². The van der Waals surface area contributed by atoms with Crippen LogP contribution in [0.3, 0.4) is 0 Å². The van der Waals surface area contributed by atoms with Gasteiger partial charge in [-0.05, 0) is 63.7 Å². The van der Waals surface area contributed by atoms with Gasteiger partial charge in [0.05, 0.1) is 0 Å². The van der Waals surface area contributed by atoms with Crippen LogP contribution in [0.1, 0.15) is 92.4 Å². The Bertz CT molecular complexity index is 328. The van der Waals surface area contributed by atoms with E-state index in [0.29, 0.717) is 5.41 Å². The first-order valence-electron chi connectivity index (χ1n) is 8.34. The van der Waals surface area contributed by atoms with E-state index in [1.54, 1.807) is 16.7 Å². The summed E-state index contributed by atoms with van der Waals surface area (Å²) in [6, 6.07) is 0. The second-order valence-corrected chi connectivity index (χ2v) is 7.09. The molecule has 0 heterocycles. The van der Waals surface area contributed by atoms with Crippen LogP contribution in [0.4, 0.5) is 0 Å². The van der Waals surface area contributed by atoms with Gasteiger partial charge in [0.2, 0.25) is 0 Å². The summed E-state index contributed by atoms with van der Waals surface area (Å²) in [5.41, 5.74) is 5.62. The Balaban J connectivity index is 2.89. The lowest BCUT2D eigenvalue weighted by Crippen LogP contribution is -2.12. The van der Waals surface area contributed by atoms with Crippen molar-refractivity contribution in [1.29, 1.82) is 0 Å². The molecule has 110 valence electrons. The molecule has 0 unspecified atom stereocenters. The molecule has 0 saturated carbocycles. The summed E-state index contributed by atoms with van der Waals surface area (Å²) in [5, 5.41) is 0. The van der Waals surface area contributed by atoms with Crippen LogP contribution < -0.4 is 0 Å². The molecule has 0 nitrogen and oxygen atoms in total. The highest BCUT2D eigenvalue weighted by Gasteiger charge is 2.20. The Morgan fingerprint density at radius 2 is 1.84 bits per heavy atom. The third-order valence-corrected chi connectivity index (χ3v) is 4.51. The van der Waals surface area contributed by atoms with Crippen molar-refractivity contribution in [3.8, 4) is 0 Å². The molecule has 19 heavy (non-hydrogen) atoms. The van der Waals surface area contributed by atoms with Crippen molar-refractivity contribution in [1.82, 2.24) is 0 Å². The average Bonchev–Trinajstić information content (AvgIpc) is 2.36. The lowest BCUT2D eigenvalue weighted by Gasteiger charge is -2.26. The zero-order chi connectivity index (χ0) is 14.3. The highest BCUT2D eigenvalue weighted by molar-refractivity contribution is 5.16. The molecule has 0 heteroatoms. The highest BCUT2D eigenvalue weighted by atomic mass is 14.3. The second-order valence-electron chi connectivity index (χ2n) is 7.09. The number of hydrogen-bond donors (Lipinski definition) is 0. The van der Waals surface area contributed by atoms with E-state index < -0.39 is 0 Å². The molecule has 1 aliphatic rings. The fourth-order valence-electron chi connectivity index (χ4n) is 3.45. The smallest absolute Gasteiger partial charge is 0.0271 e. The van der Waals surface area contributed by atoms with Crippen LogP contribution in [0.5, 0.6) is 0 Å². The summed E-state index contributed by atoms with van der Waals surface area (Å²) < 4.78 is 0. The van der Waals surface area contributed by atoms with Crippen LogP contribution >= 0.6 is 0 Å². The van der Waals surface area contributed by atoms with E-state index in [0.717, 1.165) is 0 Å². The van der Waals surface area contributed by atoms with Gasteiger partial charge >= 0.3 is 0 Å². The van der Waals surface area contributed by atoms with Crippen LogP contribution in [0.15, 0.2) is 22.8 Å². The summed E-state index contributed by atoms with van der Waals surface area (Å²) in [6.45, 7) is 11.9. The first kappa shape index (κ1) is 16.5. The lowest BCUT2D eigenvalue weighted by atomic mass is 9.79. The van der Waals surface area contributed by atoms with E-state index in [2.05, 4.69) is 40.7 Å². The largest absolute Gasteiger partial charge is 0.0856 e. The molecule has 0 aliphatic heterocycles. The summed E-state index contributed by atoms with van der Waals surface area (Å²) in [4.78, 5) is 0. The first-order valence-corrected chi connectivity index (χ1v) is 8.34. The number of allylic oxidation sites excluding steroid dienone is 4. The predicted octanol–water partition coefficient (Wildman–Crippen LogP) is 6.82. The van der Waals surface area contributed by atoms with Crippen LogP contribution in [-0.2, 0) is 0 Å². The van der Waals surface area contributed by atoms with Gasteiger partial charge in [-0.25, -0.2) is 0 Å². The molecule has 0 spiro atoms. The average molecular weight is 262 g/mol. The zero-order valence-electron chi connectivity index (χ0n) is 13.9. The minimum atomic E-state index is 0.461. The standard InChI is InChI=1S/C19H34/c1-6-10-18-13-14-19(4,5)15-16(3)11-8-9-12-17(18)7-2/h11H,6-10,12-15H2,1-5H3. The molecule has 0 atom stereocenters. The molecule has 0 N–H and O–H groups in total. The monoisotopic (exact) mass is 262 g/mol. The predicted molar refractivity (Wildman–Crippen MR) is 87.5 cm³/mol. The van der Waals surface area contributed by atoms with Gasteiger partial charge in [0, 0.05) is 0 Å². The van der Waals surface area contributed by atoms with E-state index in [-0.39, 0.29) is 0 Å². The maximum Gasteiger partial charge on any atom is -0.0271 e. The Morgan fingerprint density at radius 3 is 2.47 bits per heavy atom. The van der Waals surface area contributed by atoms with Gasteiger partial charge in [-0.2, -0.15) is 0 Å². The topological polar surface area (TPSA) is 0 Å². The number of rotatable bonds is 3. The molecule has 0 aromatic rings. The van der Waals surface area contributed by atoms with E-state index in [9.17, 15) is 0 Å². The molecule has 0 bridgehead atoms. The molecule has 0 aromatic carbocycles. The third kappa shape index (κ3) is 5.97. The van der Waals surface area contributed by atoms with Crippen molar-refractivity contribution in [3.63, 3.8) is 0 Å². The van der Waals surface area contributed by atoms with Crippen molar-refractivity contribution >= 4 is 0 Å². The lowest BCUT2D eigenvalue weighted by molar-refractivity contribution is 0.329. The van der Waals surface area contributed by atoms with Crippen molar-refractivity contribution in [2.24, 2.45) is 5.41 Å². The van der Waals surface area contributed by atoms with Crippen molar-refractivity contribution in [2.75, 3.05) is 0 Å². The van der Waals surface area contributed by atoms with Gasteiger partial charge in [0.15, 0.2) is 0 Å². The Labute approximate surface area is 121 Å². The number of hydrogen-bond acceptors (Lipinski definition) is 0. The van der Waals surface area contributed by atoms with Crippen molar-refractivity contribution in [3.05, 3.63) is 22.8 Å². The Hall–Kier alpha value is -0.520. The molecule has 0 amide bonds. The maximum absolute atomic E-state index is 2.49.